The maximum Gasteiger partial charge on any atom is 0.242 e. The summed E-state index contributed by atoms with van der Waals surface area (Å²) in [5, 5.41) is 4.06. The predicted octanol–water partition coefficient (Wildman–Crippen LogP) is 5.32. The summed E-state index contributed by atoms with van der Waals surface area (Å²) >= 11 is 12.3. The molecule has 0 bridgehead atoms. The van der Waals surface area contributed by atoms with Crippen molar-refractivity contribution in [2.45, 2.75) is 71.0 Å². The second-order valence-electron chi connectivity index (χ2n) is 9.69. The van der Waals surface area contributed by atoms with Crippen molar-refractivity contribution in [2.24, 2.45) is 0 Å². The summed E-state index contributed by atoms with van der Waals surface area (Å²) < 4.78 is 26.4. The summed E-state index contributed by atoms with van der Waals surface area (Å²) in [4.78, 5) is 28.0. The van der Waals surface area contributed by atoms with Crippen molar-refractivity contribution in [3.8, 4) is 0 Å². The molecule has 1 unspecified atom stereocenters. The molecule has 10 heteroatoms. The van der Waals surface area contributed by atoms with E-state index >= 15 is 0 Å². The van der Waals surface area contributed by atoms with Gasteiger partial charge in [-0.2, -0.15) is 0 Å². The molecule has 0 spiro atoms. The topological polar surface area (TPSA) is 86.8 Å². The van der Waals surface area contributed by atoms with Crippen LogP contribution in [0.25, 0.3) is 0 Å². The first-order valence-corrected chi connectivity index (χ1v) is 15.1. The molecule has 0 heterocycles. The molecule has 37 heavy (non-hydrogen) atoms. The summed E-state index contributed by atoms with van der Waals surface area (Å²) in [6.45, 7) is 3.87. The van der Waals surface area contributed by atoms with E-state index in [2.05, 4.69) is 5.32 Å². The first-order chi connectivity index (χ1) is 17.5. The molecular formula is C27H35Cl2N3O4S. The van der Waals surface area contributed by atoms with Gasteiger partial charge < -0.3 is 10.2 Å². The number of hydrogen-bond donors (Lipinski definition) is 1. The Morgan fingerprint density at radius 2 is 1.76 bits per heavy atom. The molecule has 0 saturated heterocycles. The fourth-order valence-corrected chi connectivity index (χ4v) is 6.03. The minimum Gasteiger partial charge on any atom is -0.352 e. The van der Waals surface area contributed by atoms with Gasteiger partial charge in [0.25, 0.3) is 0 Å². The summed E-state index contributed by atoms with van der Waals surface area (Å²) in [7, 11) is -3.60. The number of halogens is 2. The predicted molar refractivity (Wildman–Crippen MR) is 149 cm³/mol. The first-order valence-electron chi connectivity index (χ1n) is 12.5. The van der Waals surface area contributed by atoms with Gasteiger partial charge in [-0.25, -0.2) is 8.42 Å². The lowest BCUT2D eigenvalue weighted by Gasteiger charge is -2.30. The number of benzene rings is 2. The lowest BCUT2D eigenvalue weighted by molar-refractivity contribution is -0.141. The zero-order valence-corrected chi connectivity index (χ0v) is 23.9. The highest BCUT2D eigenvalue weighted by atomic mass is 35.5. The Morgan fingerprint density at radius 3 is 2.41 bits per heavy atom. The van der Waals surface area contributed by atoms with Crippen LogP contribution in [-0.2, 0) is 26.2 Å². The number of nitrogens with one attached hydrogen (secondary N) is 1. The third kappa shape index (κ3) is 8.35. The van der Waals surface area contributed by atoms with Crippen molar-refractivity contribution < 1.29 is 18.0 Å². The normalized spacial score (nSPS) is 14.8. The van der Waals surface area contributed by atoms with Crippen LogP contribution >= 0.6 is 23.2 Å². The van der Waals surface area contributed by atoms with Crippen molar-refractivity contribution >= 4 is 50.7 Å². The zero-order chi connectivity index (χ0) is 27.2. The van der Waals surface area contributed by atoms with Gasteiger partial charge in [0.15, 0.2) is 0 Å². The van der Waals surface area contributed by atoms with Crippen LogP contribution in [-0.4, -0.2) is 50.0 Å². The zero-order valence-electron chi connectivity index (χ0n) is 21.5. The molecule has 1 aliphatic carbocycles. The highest BCUT2D eigenvalue weighted by Crippen LogP contribution is 2.27. The van der Waals surface area contributed by atoms with Crippen LogP contribution < -0.4 is 9.62 Å². The Morgan fingerprint density at radius 1 is 1.08 bits per heavy atom. The quantitative estimate of drug-likeness (QED) is 0.398. The molecule has 0 aromatic heterocycles. The van der Waals surface area contributed by atoms with E-state index in [-0.39, 0.29) is 43.8 Å². The molecule has 1 atom stereocenters. The average Bonchev–Trinajstić information content (AvgIpc) is 3.34. The highest BCUT2D eigenvalue weighted by molar-refractivity contribution is 7.92. The minimum absolute atomic E-state index is 0.0766. The molecule has 1 saturated carbocycles. The van der Waals surface area contributed by atoms with Crippen molar-refractivity contribution in [1.29, 1.82) is 0 Å². The van der Waals surface area contributed by atoms with Gasteiger partial charge in [-0.05, 0) is 68.5 Å². The number of amides is 2. The van der Waals surface area contributed by atoms with Crippen molar-refractivity contribution in [3.63, 3.8) is 0 Å². The van der Waals surface area contributed by atoms with Crippen LogP contribution in [0.15, 0.2) is 42.5 Å². The summed E-state index contributed by atoms with van der Waals surface area (Å²) in [6.07, 6.45) is 5.57. The van der Waals surface area contributed by atoms with Crippen LogP contribution in [0.5, 0.6) is 0 Å². The van der Waals surface area contributed by atoms with E-state index in [0.717, 1.165) is 43.1 Å². The fourth-order valence-electron chi connectivity index (χ4n) is 4.64. The van der Waals surface area contributed by atoms with Gasteiger partial charge in [-0.3, -0.25) is 13.9 Å². The first kappa shape index (κ1) is 29.3. The minimum atomic E-state index is -3.60. The molecule has 0 radical (unpaired) electrons. The molecule has 3 rings (SSSR count). The Bertz CT molecular complexity index is 1220. The number of nitrogens with zero attached hydrogens (tertiary/aromatic N) is 2. The van der Waals surface area contributed by atoms with Gasteiger partial charge in [-0.15, -0.1) is 0 Å². The Hall–Kier alpha value is -2.29. The standard InChI is InChI=1S/C27H35Cl2N3O4S/c1-19-13-14-23(29)17-25(19)32(37(3,35)36)15-7-12-26(33)31(18-21-8-6-9-22(28)16-21)20(2)27(34)30-24-10-4-5-11-24/h6,8-9,13-14,16-17,20,24H,4-5,7,10-12,15,18H2,1-3H3,(H,30,34). The van der Waals surface area contributed by atoms with E-state index in [9.17, 15) is 18.0 Å². The lowest BCUT2D eigenvalue weighted by Crippen LogP contribution is -2.49. The number of aryl methyl sites for hydroxylation is 1. The average molecular weight is 569 g/mol. The Kier molecular flexibility index (Phi) is 10.3. The van der Waals surface area contributed by atoms with Crippen LogP contribution in [0, 0.1) is 6.92 Å². The molecular weight excluding hydrogens is 533 g/mol. The second-order valence-corrected chi connectivity index (χ2v) is 12.5. The van der Waals surface area contributed by atoms with E-state index in [1.165, 1.54) is 4.31 Å². The number of carbonyl (C=O) groups is 2. The third-order valence-corrected chi connectivity index (χ3v) is 8.35. The molecule has 2 amide bonds. The Labute approximate surface area is 230 Å². The number of sulfonamides is 1. The smallest absolute Gasteiger partial charge is 0.242 e. The van der Waals surface area contributed by atoms with E-state index in [1.807, 2.05) is 13.0 Å². The van der Waals surface area contributed by atoms with Crippen LogP contribution in [0.4, 0.5) is 5.69 Å². The Balaban J connectivity index is 1.74. The van der Waals surface area contributed by atoms with Gasteiger partial charge in [-0.1, -0.05) is 54.2 Å². The van der Waals surface area contributed by atoms with E-state index < -0.39 is 16.1 Å². The molecule has 1 fully saturated rings. The molecule has 1 N–H and O–H groups in total. The van der Waals surface area contributed by atoms with Crippen molar-refractivity contribution in [2.75, 3.05) is 17.1 Å². The van der Waals surface area contributed by atoms with Gasteiger partial charge >= 0.3 is 0 Å². The third-order valence-electron chi connectivity index (χ3n) is 6.70. The summed E-state index contributed by atoms with van der Waals surface area (Å²) in [5.74, 6) is -0.417. The molecule has 2 aromatic carbocycles. The summed E-state index contributed by atoms with van der Waals surface area (Å²) in [5.41, 5.74) is 2.07. The number of rotatable bonds is 11. The second kappa shape index (κ2) is 13.0. The lowest BCUT2D eigenvalue weighted by atomic mass is 10.1. The maximum atomic E-state index is 13.4. The summed E-state index contributed by atoms with van der Waals surface area (Å²) in [6, 6.07) is 11.7. The van der Waals surface area contributed by atoms with Gasteiger partial charge in [0.1, 0.15) is 6.04 Å². The van der Waals surface area contributed by atoms with Gasteiger partial charge in [0, 0.05) is 35.6 Å². The largest absolute Gasteiger partial charge is 0.352 e. The monoisotopic (exact) mass is 567 g/mol. The maximum absolute atomic E-state index is 13.4. The fraction of sp³-hybridized carbons (Fsp3) is 0.481. The molecule has 202 valence electrons. The molecule has 7 nitrogen and oxygen atoms in total. The van der Waals surface area contributed by atoms with Crippen LogP contribution in [0.1, 0.15) is 56.6 Å². The van der Waals surface area contributed by atoms with Crippen LogP contribution in [0.3, 0.4) is 0 Å². The van der Waals surface area contributed by atoms with Crippen molar-refractivity contribution in [1.82, 2.24) is 10.2 Å². The SMILES string of the molecule is Cc1ccc(Cl)cc1N(CCCC(=O)N(Cc1cccc(Cl)c1)C(C)C(=O)NC1CCCC1)S(C)(=O)=O. The van der Waals surface area contributed by atoms with Crippen molar-refractivity contribution in [3.05, 3.63) is 63.6 Å². The van der Waals surface area contributed by atoms with E-state index in [0.29, 0.717) is 15.7 Å². The van der Waals surface area contributed by atoms with Crippen LogP contribution in [0.2, 0.25) is 10.0 Å². The molecule has 1 aliphatic rings. The highest BCUT2D eigenvalue weighted by Gasteiger charge is 2.29. The number of anilines is 1. The van der Waals surface area contributed by atoms with Gasteiger partial charge in [0.05, 0.1) is 11.9 Å². The number of hydrogen-bond acceptors (Lipinski definition) is 4. The van der Waals surface area contributed by atoms with E-state index in [1.54, 1.807) is 48.2 Å². The molecule has 0 aliphatic heterocycles. The van der Waals surface area contributed by atoms with Gasteiger partial charge in [0.2, 0.25) is 21.8 Å². The molecule has 2 aromatic rings. The number of carbonyl (C=O) groups excluding carboxylic acids is 2. The van der Waals surface area contributed by atoms with E-state index in [4.69, 9.17) is 23.2 Å².